The fourth-order valence-electron chi connectivity index (χ4n) is 2.81. The lowest BCUT2D eigenvalue weighted by atomic mass is 10.1. The summed E-state index contributed by atoms with van der Waals surface area (Å²) < 4.78 is 0. The molecule has 0 saturated carbocycles. The van der Waals surface area contributed by atoms with Crippen molar-refractivity contribution >= 4 is 17.6 Å². The summed E-state index contributed by atoms with van der Waals surface area (Å²) in [5, 5.41) is 8.47. The van der Waals surface area contributed by atoms with Crippen LogP contribution >= 0.6 is 0 Å². The molecule has 0 atom stereocenters. The van der Waals surface area contributed by atoms with E-state index in [1.807, 2.05) is 42.5 Å². The van der Waals surface area contributed by atoms with E-state index in [1.165, 1.54) is 5.56 Å². The molecule has 3 aromatic rings. The minimum absolute atomic E-state index is 0.131. The van der Waals surface area contributed by atoms with Crippen molar-refractivity contribution in [3.63, 3.8) is 0 Å². The maximum atomic E-state index is 12.2. The molecule has 6 nitrogen and oxygen atoms in total. The van der Waals surface area contributed by atoms with Gasteiger partial charge in [0.05, 0.1) is 0 Å². The number of pyridine rings is 1. The highest BCUT2D eigenvalue weighted by molar-refractivity contribution is 5.95. The van der Waals surface area contributed by atoms with Crippen LogP contribution in [0.3, 0.4) is 0 Å². The number of anilines is 1. The van der Waals surface area contributed by atoms with Gasteiger partial charge in [-0.05, 0) is 54.3 Å². The highest BCUT2D eigenvalue weighted by Gasteiger charge is 2.06. The van der Waals surface area contributed by atoms with Crippen molar-refractivity contribution in [3.8, 4) is 0 Å². The summed E-state index contributed by atoms with van der Waals surface area (Å²) in [7, 11) is 0. The first-order chi connectivity index (χ1) is 14.2. The molecule has 3 amide bonds. The Morgan fingerprint density at radius 1 is 0.759 bits per heavy atom. The van der Waals surface area contributed by atoms with E-state index >= 15 is 0 Å². The molecule has 0 aliphatic heterocycles. The molecule has 1 aromatic heterocycles. The maximum absolute atomic E-state index is 12.2. The van der Waals surface area contributed by atoms with Crippen molar-refractivity contribution in [1.82, 2.24) is 15.6 Å². The average Bonchev–Trinajstić information content (AvgIpc) is 2.76. The molecular weight excluding hydrogens is 364 g/mol. The van der Waals surface area contributed by atoms with Crippen molar-refractivity contribution in [2.24, 2.45) is 0 Å². The van der Waals surface area contributed by atoms with Crippen LogP contribution < -0.4 is 16.0 Å². The van der Waals surface area contributed by atoms with Crippen molar-refractivity contribution < 1.29 is 9.59 Å². The second kappa shape index (κ2) is 10.6. The summed E-state index contributed by atoms with van der Waals surface area (Å²) in [4.78, 5) is 28.3. The number of aromatic nitrogens is 1. The number of carbonyl (C=O) groups is 2. The Balaban J connectivity index is 1.39. The first kappa shape index (κ1) is 20.1. The van der Waals surface area contributed by atoms with E-state index in [9.17, 15) is 9.59 Å². The van der Waals surface area contributed by atoms with Gasteiger partial charge in [0.2, 0.25) is 0 Å². The van der Waals surface area contributed by atoms with Crippen molar-refractivity contribution in [2.75, 3.05) is 18.4 Å². The van der Waals surface area contributed by atoms with Crippen LogP contribution in [0.25, 0.3) is 0 Å². The highest BCUT2D eigenvalue weighted by Crippen LogP contribution is 2.09. The fraction of sp³-hybridized carbons (Fsp3) is 0.174. The normalized spacial score (nSPS) is 10.2. The predicted molar refractivity (Wildman–Crippen MR) is 114 cm³/mol. The monoisotopic (exact) mass is 388 g/mol. The molecule has 0 unspecified atom stereocenters. The lowest BCUT2D eigenvalue weighted by Crippen LogP contribution is -2.30. The molecule has 3 rings (SSSR count). The number of hydrogen-bond donors (Lipinski definition) is 3. The molecule has 3 N–H and O–H groups in total. The van der Waals surface area contributed by atoms with Gasteiger partial charge in [0.15, 0.2) is 0 Å². The second-order valence-electron chi connectivity index (χ2n) is 6.56. The highest BCUT2D eigenvalue weighted by atomic mass is 16.2. The number of hydrogen-bond acceptors (Lipinski definition) is 3. The molecule has 29 heavy (non-hydrogen) atoms. The molecule has 2 aromatic carbocycles. The Morgan fingerprint density at radius 3 is 2.17 bits per heavy atom. The SMILES string of the molecule is O=C(NCCc1cccnc1)Nc1ccc(C(=O)NCCc2ccccc2)cc1. The van der Waals surface area contributed by atoms with E-state index in [2.05, 4.69) is 20.9 Å². The van der Waals surface area contributed by atoms with Crippen molar-refractivity contribution in [1.29, 1.82) is 0 Å². The third-order valence-corrected chi connectivity index (χ3v) is 4.37. The molecule has 0 radical (unpaired) electrons. The Kier molecular flexibility index (Phi) is 7.34. The van der Waals surface area contributed by atoms with E-state index in [-0.39, 0.29) is 11.9 Å². The Hall–Kier alpha value is -3.67. The number of benzene rings is 2. The van der Waals surface area contributed by atoms with Gasteiger partial charge in [-0.3, -0.25) is 9.78 Å². The van der Waals surface area contributed by atoms with Gasteiger partial charge in [-0.15, -0.1) is 0 Å². The summed E-state index contributed by atoms with van der Waals surface area (Å²) in [6.07, 6.45) is 4.99. The zero-order valence-corrected chi connectivity index (χ0v) is 16.1. The molecule has 0 fully saturated rings. The third kappa shape index (κ3) is 6.77. The lowest BCUT2D eigenvalue weighted by Gasteiger charge is -2.09. The molecule has 6 heteroatoms. The standard InChI is InChI=1S/C23H24N4O2/c28-22(25-15-12-18-5-2-1-3-6-18)20-8-10-21(11-9-20)27-23(29)26-16-13-19-7-4-14-24-17-19/h1-11,14,17H,12-13,15-16H2,(H,25,28)(H2,26,27,29). The van der Waals surface area contributed by atoms with Gasteiger partial charge in [0, 0.05) is 36.7 Å². The van der Waals surface area contributed by atoms with Crippen LogP contribution in [0.1, 0.15) is 21.5 Å². The summed E-state index contributed by atoms with van der Waals surface area (Å²) >= 11 is 0. The number of amides is 3. The number of rotatable bonds is 8. The van der Waals surface area contributed by atoms with Crippen LogP contribution in [0.5, 0.6) is 0 Å². The van der Waals surface area contributed by atoms with E-state index in [0.29, 0.717) is 30.8 Å². The van der Waals surface area contributed by atoms with Crippen molar-refractivity contribution in [3.05, 3.63) is 95.8 Å². The molecule has 0 aliphatic rings. The third-order valence-electron chi connectivity index (χ3n) is 4.37. The summed E-state index contributed by atoms with van der Waals surface area (Å²) in [5.74, 6) is -0.131. The van der Waals surface area contributed by atoms with Crippen LogP contribution in [-0.4, -0.2) is 30.0 Å². The summed E-state index contributed by atoms with van der Waals surface area (Å²) in [6.45, 7) is 1.08. The van der Waals surface area contributed by atoms with Crippen LogP contribution in [0.15, 0.2) is 79.1 Å². The molecule has 0 aliphatic carbocycles. The van der Waals surface area contributed by atoms with Crippen LogP contribution in [0, 0.1) is 0 Å². The molecular formula is C23H24N4O2. The Bertz CT molecular complexity index is 913. The number of nitrogens with one attached hydrogen (secondary N) is 3. The topological polar surface area (TPSA) is 83.1 Å². The minimum Gasteiger partial charge on any atom is -0.352 e. The second-order valence-corrected chi connectivity index (χ2v) is 6.56. The first-order valence-corrected chi connectivity index (χ1v) is 9.56. The number of carbonyl (C=O) groups excluding carboxylic acids is 2. The Morgan fingerprint density at radius 2 is 1.45 bits per heavy atom. The van der Waals surface area contributed by atoms with E-state index in [4.69, 9.17) is 0 Å². The molecule has 0 bridgehead atoms. The molecule has 0 saturated heterocycles. The smallest absolute Gasteiger partial charge is 0.319 e. The van der Waals surface area contributed by atoms with Gasteiger partial charge in [0.1, 0.15) is 0 Å². The Labute approximate surface area is 170 Å². The first-order valence-electron chi connectivity index (χ1n) is 9.56. The minimum atomic E-state index is -0.283. The van der Waals surface area contributed by atoms with Gasteiger partial charge >= 0.3 is 6.03 Å². The largest absolute Gasteiger partial charge is 0.352 e. The predicted octanol–water partition coefficient (Wildman–Crippen LogP) is 3.42. The van der Waals surface area contributed by atoms with Crippen molar-refractivity contribution in [2.45, 2.75) is 12.8 Å². The quantitative estimate of drug-likeness (QED) is 0.553. The van der Waals surface area contributed by atoms with E-state index in [1.54, 1.807) is 36.7 Å². The molecule has 148 valence electrons. The van der Waals surface area contributed by atoms with Gasteiger partial charge in [-0.1, -0.05) is 36.4 Å². The fourth-order valence-corrected chi connectivity index (χ4v) is 2.81. The van der Waals surface area contributed by atoms with Gasteiger partial charge in [-0.25, -0.2) is 4.79 Å². The zero-order valence-electron chi connectivity index (χ0n) is 16.1. The molecule has 1 heterocycles. The van der Waals surface area contributed by atoms with Crippen LogP contribution in [0.2, 0.25) is 0 Å². The van der Waals surface area contributed by atoms with Gasteiger partial charge in [-0.2, -0.15) is 0 Å². The molecule has 0 spiro atoms. The lowest BCUT2D eigenvalue weighted by molar-refractivity contribution is 0.0954. The summed E-state index contributed by atoms with van der Waals surface area (Å²) in [6, 6.07) is 20.4. The maximum Gasteiger partial charge on any atom is 0.319 e. The van der Waals surface area contributed by atoms with Crippen LogP contribution in [0.4, 0.5) is 10.5 Å². The zero-order chi connectivity index (χ0) is 20.3. The van der Waals surface area contributed by atoms with Gasteiger partial charge < -0.3 is 16.0 Å². The van der Waals surface area contributed by atoms with Crippen LogP contribution in [-0.2, 0) is 12.8 Å². The number of urea groups is 1. The average molecular weight is 388 g/mol. The van der Waals surface area contributed by atoms with E-state index in [0.717, 1.165) is 12.0 Å². The van der Waals surface area contributed by atoms with E-state index < -0.39 is 0 Å². The number of nitrogens with zero attached hydrogens (tertiary/aromatic N) is 1. The van der Waals surface area contributed by atoms with Gasteiger partial charge in [0.25, 0.3) is 5.91 Å². The summed E-state index contributed by atoms with van der Waals surface area (Å²) in [5.41, 5.74) is 3.43.